The maximum atomic E-state index is 12.9. The van der Waals surface area contributed by atoms with Gasteiger partial charge >= 0.3 is 0 Å². The Balaban J connectivity index is 1.51. The van der Waals surface area contributed by atoms with Crippen LogP contribution >= 0.6 is 0 Å². The fourth-order valence-corrected chi connectivity index (χ4v) is 3.75. The fourth-order valence-electron chi connectivity index (χ4n) is 3.75. The van der Waals surface area contributed by atoms with E-state index >= 15 is 0 Å². The average molecular weight is 363 g/mol. The first-order chi connectivity index (χ1) is 13.1. The number of rotatable bonds is 4. The van der Waals surface area contributed by atoms with Crippen LogP contribution in [-0.2, 0) is 4.79 Å². The summed E-state index contributed by atoms with van der Waals surface area (Å²) in [5.74, 6) is 0.134. The number of carbonyl (C=O) groups is 1. The molecule has 1 aliphatic rings. The van der Waals surface area contributed by atoms with E-state index in [0.717, 1.165) is 42.6 Å². The summed E-state index contributed by atoms with van der Waals surface area (Å²) in [6.07, 6.45) is 1.86. The van der Waals surface area contributed by atoms with E-state index in [2.05, 4.69) is 38.2 Å². The summed E-state index contributed by atoms with van der Waals surface area (Å²) in [6, 6.07) is 16.3. The molecule has 6 heteroatoms. The minimum absolute atomic E-state index is 0.134. The van der Waals surface area contributed by atoms with Crippen molar-refractivity contribution >= 4 is 22.5 Å². The van der Waals surface area contributed by atoms with E-state index in [0.29, 0.717) is 0 Å². The Kier molecular flexibility index (Phi) is 4.81. The van der Waals surface area contributed by atoms with E-state index in [1.54, 1.807) is 4.90 Å². The highest BCUT2D eigenvalue weighted by molar-refractivity contribution is 5.83. The van der Waals surface area contributed by atoms with Crippen molar-refractivity contribution in [1.29, 1.82) is 0 Å². The molecular weight excluding hydrogens is 338 g/mol. The first-order valence-corrected chi connectivity index (χ1v) is 9.32. The molecule has 0 radical (unpaired) electrons. The van der Waals surface area contributed by atoms with Crippen LogP contribution in [0.3, 0.4) is 0 Å². The first-order valence-electron chi connectivity index (χ1n) is 9.32. The van der Waals surface area contributed by atoms with Crippen LogP contribution in [0.25, 0.3) is 10.9 Å². The van der Waals surface area contributed by atoms with Gasteiger partial charge in [-0.05, 0) is 23.8 Å². The van der Waals surface area contributed by atoms with E-state index in [1.807, 2.05) is 50.6 Å². The van der Waals surface area contributed by atoms with Gasteiger partial charge in [0.15, 0.2) is 0 Å². The molecule has 1 aliphatic heterocycles. The van der Waals surface area contributed by atoms with E-state index in [-0.39, 0.29) is 11.9 Å². The summed E-state index contributed by atoms with van der Waals surface area (Å²) < 4.78 is 0. The Labute approximate surface area is 159 Å². The number of benzene rings is 2. The lowest BCUT2D eigenvalue weighted by Crippen LogP contribution is -2.51. The molecular formula is C21H25N5O. The summed E-state index contributed by atoms with van der Waals surface area (Å²) >= 11 is 0. The van der Waals surface area contributed by atoms with Crippen molar-refractivity contribution in [3.63, 3.8) is 0 Å². The third-order valence-electron chi connectivity index (χ3n) is 5.26. The molecule has 1 N–H and O–H groups in total. The Morgan fingerprint density at radius 1 is 1.07 bits per heavy atom. The molecule has 1 amide bonds. The molecule has 0 spiro atoms. The molecule has 3 aromatic rings. The summed E-state index contributed by atoms with van der Waals surface area (Å²) in [5.41, 5.74) is 3.32. The van der Waals surface area contributed by atoms with Gasteiger partial charge in [-0.15, -0.1) is 0 Å². The van der Waals surface area contributed by atoms with Crippen molar-refractivity contribution in [2.24, 2.45) is 0 Å². The highest BCUT2D eigenvalue weighted by Gasteiger charge is 2.31. The fraction of sp³-hybridized carbons (Fsp3) is 0.333. The van der Waals surface area contributed by atoms with E-state index in [9.17, 15) is 4.79 Å². The van der Waals surface area contributed by atoms with Gasteiger partial charge in [0.25, 0.3) is 0 Å². The lowest BCUT2D eigenvalue weighted by Gasteiger charge is -2.40. The second-order valence-corrected chi connectivity index (χ2v) is 7.21. The number of aromatic amines is 1. The molecule has 1 unspecified atom stereocenters. The molecule has 0 bridgehead atoms. The Morgan fingerprint density at radius 3 is 2.52 bits per heavy atom. The lowest BCUT2D eigenvalue weighted by atomic mass is 10.0. The number of hydrogen-bond donors (Lipinski definition) is 1. The number of nitrogens with one attached hydrogen (secondary N) is 1. The SMILES string of the molecule is CN(C)C(=O)C(c1ccccc1)N1CCN(c2ccc3[nH]ncc3c2)CC1. The molecule has 1 aromatic heterocycles. The van der Waals surface area contributed by atoms with Crippen LogP contribution < -0.4 is 4.90 Å². The third-order valence-corrected chi connectivity index (χ3v) is 5.26. The van der Waals surface area contributed by atoms with Gasteiger partial charge < -0.3 is 9.80 Å². The van der Waals surface area contributed by atoms with Crippen LogP contribution in [0, 0.1) is 0 Å². The van der Waals surface area contributed by atoms with Crippen molar-refractivity contribution in [3.8, 4) is 0 Å². The third kappa shape index (κ3) is 3.53. The Morgan fingerprint density at radius 2 is 1.81 bits per heavy atom. The molecule has 1 saturated heterocycles. The summed E-state index contributed by atoms with van der Waals surface area (Å²) in [7, 11) is 3.66. The van der Waals surface area contributed by atoms with Gasteiger partial charge in [0.05, 0.1) is 11.7 Å². The summed E-state index contributed by atoms with van der Waals surface area (Å²) in [6.45, 7) is 3.49. The molecule has 0 aliphatic carbocycles. The number of fused-ring (bicyclic) bond motifs is 1. The summed E-state index contributed by atoms with van der Waals surface area (Å²) in [4.78, 5) is 19.2. The minimum atomic E-state index is -0.222. The van der Waals surface area contributed by atoms with Crippen LogP contribution in [0.1, 0.15) is 11.6 Å². The zero-order chi connectivity index (χ0) is 18.8. The maximum absolute atomic E-state index is 12.9. The van der Waals surface area contributed by atoms with Crippen LogP contribution in [-0.4, -0.2) is 66.2 Å². The van der Waals surface area contributed by atoms with Crippen LogP contribution in [0.15, 0.2) is 54.7 Å². The van der Waals surface area contributed by atoms with Gasteiger partial charge in [-0.3, -0.25) is 14.8 Å². The second kappa shape index (κ2) is 7.40. The van der Waals surface area contributed by atoms with Gasteiger partial charge in [0, 0.05) is 51.3 Å². The highest BCUT2D eigenvalue weighted by atomic mass is 16.2. The average Bonchev–Trinajstić information content (AvgIpc) is 3.17. The number of H-pyrrole nitrogens is 1. The number of carbonyl (C=O) groups excluding carboxylic acids is 1. The van der Waals surface area contributed by atoms with E-state index in [1.165, 1.54) is 5.69 Å². The van der Waals surface area contributed by atoms with Crippen LogP contribution in [0.5, 0.6) is 0 Å². The molecule has 1 atom stereocenters. The molecule has 0 saturated carbocycles. The predicted molar refractivity (Wildman–Crippen MR) is 108 cm³/mol. The van der Waals surface area contributed by atoms with Crippen molar-refractivity contribution in [3.05, 3.63) is 60.3 Å². The standard InChI is InChI=1S/C21H25N5O/c1-24(2)21(27)20(16-6-4-3-5-7-16)26-12-10-25(11-13-26)18-8-9-19-17(14-18)15-22-23-19/h3-9,14-15,20H,10-13H2,1-2H3,(H,22,23). The van der Waals surface area contributed by atoms with Crippen molar-refractivity contribution in [2.75, 3.05) is 45.2 Å². The van der Waals surface area contributed by atoms with Gasteiger partial charge in [0.1, 0.15) is 6.04 Å². The number of piperazine rings is 1. The number of amides is 1. The van der Waals surface area contributed by atoms with Crippen molar-refractivity contribution in [1.82, 2.24) is 20.0 Å². The van der Waals surface area contributed by atoms with Crippen molar-refractivity contribution in [2.45, 2.75) is 6.04 Å². The normalized spacial score (nSPS) is 16.4. The van der Waals surface area contributed by atoms with Gasteiger partial charge in [-0.2, -0.15) is 5.10 Å². The highest BCUT2D eigenvalue weighted by Crippen LogP contribution is 2.27. The van der Waals surface area contributed by atoms with Crippen molar-refractivity contribution < 1.29 is 4.79 Å². The quantitative estimate of drug-likeness (QED) is 0.774. The second-order valence-electron chi connectivity index (χ2n) is 7.21. The molecule has 1 fully saturated rings. The largest absolute Gasteiger partial charge is 0.369 e. The lowest BCUT2D eigenvalue weighted by molar-refractivity contribution is -0.134. The zero-order valence-electron chi connectivity index (χ0n) is 15.8. The van der Waals surface area contributed by atoms with E-state index < -0.39 is 0 Å². The number of hydrogen-bond acceptors (Lipinski definition) is 4. The molecule has 4 rings (SSSR count). The van der Waals surface area contributed by atoms with Gasteiger partial charge in [0.2, 0.25) is 5.91 Å². The van der Waals surface area contributed by atoms with Crippen LogP contribution in [0.4, 0.5) is 5.69 Å². The zero-order valence-corrected chi connectivity index (χ0v) is 15.8. The monoisotopic (exact) mass is 363 g/mol. The minimum Gasteiger partial charge on any atom is -0.369 e. The number of nitrogens with zero attached hydrogens (tertiary/aromatic N) is 4. The smallest absolute Gasteiger partial charge is 0.244 e. The Bertz CT molecular complexity index is 912. The van der Waals surface area contributed by atoms with E-state index in [4.69, 9.17) is 0 Å². The number of likely N-dealkylation sites (N-methyl/N-ethyl adjacent to an activating group) is 1. The van der Waals surface area contributed by atoms with Gasteiger partial charge in [-0.1, -0.05) is 30.3 Å². The summed E-state index contributed by atoms with van der Waals surface area (Å²) in [5, 5.41) is 8.22. The molecule has 2 heterocycles. The molecule has 2 aromatic carbocycles. The van der Waals surface area contributed by atoms with Gasteiger partial charge in [-0.25, -0.2) is 0 Å². The maximum Gasteiger partial charge on any atom is 0.244 e. The predicted octanol–water partition coefficient (Wildman–Crippen LogP) is 2.51. The molecule has 140 valence electrons. The molecule has 27 heavy (non-hydrogen) atoms. The number of aromatic nitrogens is 2. The molecule has 6 nitrogen and oxygen atoms in total. The Hall–Kier alpha value is -2.86. The topological polar surface area (TPSA) is 55.5 Å². The number of anilines is 1. The first kappa shape index (κ1) is 17.5. The van der Waals surface area contributed by atoms with Crippen LogP contribution in [0.2, 0.25) is 0 Å².